The molecule has 5 rings (SSSR count). The van der Waals surface area contributed by atoms with Crippen molar-refractivity contribution in [3.05, 3.63) is 11.6 Å². The standard InChI is InChI=1S/C20H28O2/c1-19-8-7-15-12(14(19)5-6-18(19)22)4-3-11-9-17(21)13-10-16(13)20(11,15)2/h9,12-16,18,22H,3-8,10H2,1-2H3/t12-,13-,14-,15-,16?,18-,19-,20-/m0/s1. The topological polar surface area (TPSA) is 37.3 Å². The summed E-state index contributed by atoms with van der Waals surface area (Å²) in [5, 5.41) is 10.5. The molecule has 2 heteroatoms. The van der Waals surface area contributed by atoms with Gasteiger partial charge in [-0.15, -0.1) is 0 Å². The fourth-order valence-electron chi connectivity index (χ4n) is 7.43. The first-order chi connectivity index (χ1) is 10.5. The van der Waals surface area contributed by atoms with Gasteiger partial charge in [-0.05, 0) is 85.5 Å². The molecule has 0 bridgehead atoms. The Hall–Kier alpha value is -0.630. The summed E-state index contributed by atoms with van der Waals surface area (Å²) in [6.07, 6.45) is 10.2. The molecule has 0 aromatic rings. The van der Waals surface area contributed by atoms with Gasteiger partial charge in [0.25, 0.3) is 0 Å². The molecule has 0 spiro atoms. The van der Waals surface area contributed by atoms with Crippen molar-refractivity contribution < 1.29 is 9.90 Å². The molecule has 1 unspecified atom stereocenters. The van der Waals surface area contributed by atoms with Crippen molar-refractivity contribution in [2.45, 2.75) is 64.9 Å². The van der Waals surface area contributed by atoms with Crippen LogP contribution in [-0.4, -0.2) is 17.0 Å². The number of carbonyl (C=O) groups excluding carboxylic acids is 1. The first kappa shape index (κ1) is 13.8. The molecule has 5 aliphatic rings. The van der Waals surface area contributed by atoms with Gasteiger partial charge in [0.1, 0.15) is 0 Å². The van der Waals surface area contributed by atoms with E-state index in [1.165, 1.54) is 31.3 Å². The van der Waals surface area contributed by atoms with Gasteiger partial charge in [0.2, 0.25) is 0 Å². The number of ketones is 1. The Balaban J connectivity index is 1.54. The number of rotatable bonds is 0. The molecule has 1 N–H and O–H groups in total. The lowest BCUT2D eigenvalue weighted by molar-refractivity contribution is -0.119. The number of aliphatic hydroxyl groups is 1. The molecule has 4 fully saturated rings. The van der Waals surface area contributed by atoms with Crippen molar-refractivity contribution in [3.8, 4) is 0 Å². The van der Waals surface area contributed by atoms with Crippen LogP contribution in [0.1, 0.15) is 58.8 Å². The minimum atomic E-state index is -0.0789. The van der Waals surface area contributed by atoms with Crippen LogP contribution in [0.25, 0.3) is 0 Å². The molecule has 0 aliphatic heterocycles. The van der Waals surface area contributed by atoms with E-state index < -0.39 is 0 Å². The van der Waals surface area contributed by atoms with E-state index in [0.717, 1.165) is 37.0 Å². The Bertz CT molecular complexity index is 578. The van der Waals surface area contributed by atoms with Crippen LogP contribution in [0.2, 0.25) is 0 Å². The van der Waals surface area contributed by atoms with Crippen LogP contribution in [-0.2, 0) is 4.79 Å². The number of allylic oxidation sites excluding steroid dienone is 1. The summed E-state index contributed by atoms with van der Waals surface area (Å²) in [4.78, 5) is 12.2. The minimum absolute atomic E-state index is 0.0789. The predicted octanol–water partition coefficient (Wildman–Crippen LogP) is 3.74. The lowest BCUT2D eigenvalue weighted by Crippen LogP contribution is -2.52. The number of hydrogen-bond acceptors (Lipinski definition) is 2. The Morgan fingerprint density at radius 2 is 1.91 bits per heavy atom. The van der Waals surface area contributed by atoms with Crippen LogP contribution in [0.4, 0.5) is 0 Å². The maximum absolute atomic E-state index is 12.2. The van der Waals surface area contributed by atoms with E-state index in [1.54, 1.807) is 0 Å². The number of aliphatic hydroxyl groups excluding tert-OH is 1. The molecule has 0 radical (unpaired) electrons. The molecule has 0 aromatic heterocycles. The summed E-state index contributed by atoms with van der Waals surface area (Å²) in [5.74, 6) is 3.69. The van der Waals surface area contributed by atoms with E-state index in [-0.39, 0.29) is 11.5 Å². The highest BCUT2D eigenvalue weighted by atomic mass is 16.3. The van der Waals surface area contributed by atoms with Crippen LogP contribution in [0.5, 0.6) is 0 Å². The fourth-order valence-corrected chi connectivity index (χ4v) is 7.43. The Kier molecular flexibility index (Phi) is 2.54. The van der Waals surface area contributed by atoms with Crippen molar-refractivity contribution in [1.82, 2.24) is 0 Å². The molecule has 120 valence electrons. The normalized spacial score (nSPS) is 59.0. The molecule has 2 nitrogen and oxygen atoms in total. The summed E-state index contributed by atoms with van der Waals surface area (Å²) in [6, 6.07) is 0. The van der Waals surface area contributed by atoms with Gasteiger partial charge in [0, 0.05) is 5.92 Å². The Morgan fingerprint density at radius 3 is 2.73 bits per heavy atom. The quantitative estimate of drug-likeness (QED) is 0.740. The molecule has 0 aromatic carbocycles. The third-order valence-corrected chi connectivity index (χ3v) is 8.84. The van der Waals surface area contributed by atoms with Crippen LogP contribution in [0.15, 0.2) is 11.6 Å². The molecule has 0 saturated heterocycles. The van der Waals surface area contributed by atoms with E-state index >= 15 is 0 Å². The second-order valence-electron chi connectivity index (χ2n) is 9.36. The van der Waals surface area contributed by atoms with Crippen molar-refractivity contribution in [2.75, 3.05) is 0 Å². The van der Waals surface area contributed by atoms with Crippen molar-refractivity contribution >= 4 is 5.78 Å². The smallest absolute Gasteiger partial charge is 0.159 e. The van der Waals surface area contributed by atoms with E-state index in [9.17, 15) is 9.90 Å². The highest BCUT2D eigenvalue weighted by Gasteiger charge is 2.65. The molecule has 8 atom stereocenters. The highest BCUT2D eigenvalue weighted by molar-refractivity contribution is 5.96. The second-order valence-corrected chi connectivity index (χ2v) is 9.36. The van der Waals surface area contributed by atoms with Gasteiger partial charge >= 0.3 is 0 Å². The molecule has 0 heterocycles. The predicted molar refractivity (Wildman–Crippen MR) is 85.1 cm³/mol. The zero-order valence-corrected chi connectivity index (χ0v) is 13.8. The minimum Gasteiger partial charge on any atom is -0.393 e. The van der Waals surface area contributed by atoms with Gasteiger partial charge in [-0.1, -0.05) is 19.4 Å². The maximum atomic E-state index is 12.2. The SMILES string of the molecule is C[C@]12CC[C@H]3[C@@H](CCC4=CC(=O)[C@H]5CC5[C@@]43C)[C@@H]1CC[C@@H]2O. The average Bonchev–Trinajstić information content (AvgIpc) is 3.24. The first-order valence-electron chi connectivity index (χ1n) is 9.39. The zero-order valence-electron chi connectivity index (χ0n) is 13.8. The largest absolute Gasteiger partial charge is 0.393 e. The fraction of sp³-hybridized carbons (Fsp3) is 0.850. The van der Waals surface area contributed by atoms with E-state index in [2.05, 4.69) is 13.8 Å². The molecular formula is C20H28O2. The molecule has 4 saturated carbocycles. The van der Waals surface area contributed by atoms with Gasteiger partial charge in [0.05, 0.1) is 6.10 Å². The summed E-state index contributed by atoms with van der Waals surface area (Å²) in [5.41, 5.74) is 1.96. The highest BCUT2D eigenvalue weighted by Crippen LogP contribution is 2.70. The molecule has 0 amide bonds. The summed E-state index contributed by atoms with van der Waals surface area (Å²) < 4.78 is 0. The Morgan fingerprint density at radius 1 is 1.09 bits per heavy atom. The van der Waals surface area contributed by atoms with Crippen LogP contribution >= 0.6 is 0 Å². The van der Waals surface area contributed by atoms with E-state index in [0.29, 0.717) is 23.0 Å². The van der Waals surface area contributed by atoms with Gasteiger partial charge in [-0.2, -0.15) is 0 Å². The van der Waals surface area contributed by atoms with Gasteiger partial charge < -0.3 is 5.11 Å². The summed E-state index contributed by atoms with van der Waals surface area (Å²) in [6.45, 7) is 4.84. The van der Waals surface area contributed by atoms with E-state index in [1.807, 2.05) is 6.08 Å². The molecular weight excluding hydrogens is 272 g/mol. The van der Waals surface area contributed by atoms with Gasteiger partial charge in [-0.3, -0.25) is 4.79 Å². The van der Waals surface area contributed by atoms with Gasteiger partial charge in [-0.25, -0.2) is 0 Å². The number of hydrogen-bond donors (Lipinski definition) is 1. The zero-order chi connectivity index (χ0) is 15.3. The van der Waals surface area contributed by atoms with Crippen LogP contribution < -0.4 is 0 Å². The molecule has 5 aliphatic carbocycles. The first-order valence-corrected chi connectivity index (χ1v) is 9.39. The number of fused-ring (bicyclic) bond motifs is 7. The third kappa shape index (κ3) is 1.44. The average molecular weight is 300 g/mol. The van der Waals surface area contributed by atoms with E-state index in [4.69, 9.17) is 0 Å². The van der Waals surface area contributed by atoms with Crippen molar-refractivity contribution in [2.24, 2.45) is 40.4 Å². The van der Waals surface area contributed by atoms with Crippen molar-refractivity contribution in [1.29, 1.82) is 0 Å². The van der Waals surface area contributed by atoms with Crippen LogP contribution in [0.3, 0.4) is 0 Å². The lowest BCUT2D eigenvalue weighted by Gasteiger charge is -2.58. The Labute approximate surface area is 133 Å². The van der Waals surface area contributed by atoms with Crippen molar-refractivity contribution in [3.63, 3.8) is 0 Å². The molecule has 22 heavy (non-hydrogen) atoms. The monoisotopic (exact) mass is 300 g/mol. The third-order valence-electron chi connectivity index (χ3n) is 8.84. The van der Waals surface area contributed by atoms with Gasteiger partial charge in [0.15, 0.2) is 5.78 Å². The maximum Gasteiger partial charge on any atom is 0.159 e. The lowest BCUT2D eigenvalue weighted by atomic mass is 9.47. The van der Waals surface area contributed by atoms with Crippen LogP contribution in [0, 0.1) is 40.4 Å². The number of carbonyl (C=O) groups is 1. The summed E-state index contributed by atoms with van der Waals surface area (Å²) in [7, 11) is 0. The summed E-state index contributed by atoms with van der Waals surface area (Å²) >= 11 is 0. The second kappa shape index (κ2) is 4.06.